The summed E-state index contributed by atoms with van der Waals surface area (Å²) in [5.74, 6) is 1.25. The fraction of sp³-hybridized carbons (Fsp3) is 0.357. The molecule has 0 fully saturated rings. The maximum atomic E-state index is 9.33. The summed E-state index contributed by atoms with van der Waals surface area (Å²) in [7, 11) is 3.36. The lowest BCUT2D eigenvalue weighted by molar-refractivity contribution is 0.257. The van der Waals surface area contributed by atoms with E-state index in [1.54, 1.807) is 37.0 Å². The lowest BCUT2D eigenvalue weighted by Gasteiger charge is -2.11. The third-order valence-corrected chi connectivity index (χ3v) is 3.56. The summed E-state index contributed by atoms with van der Waals surface area (Å²) in [6.07, 6.45) is 0. The minimum atomic E-state index is -0.0981. The number of rotatable bonds is 5. The standard InChI is InChI=1S/C14H17ClN2O3/c1-9-12(14(15)17(2)16-9)8-20-13-6-11(19-3)5-4-10(13)7-18/h4-6,18H,7-8H2,1-3H3. The largest absolute Gasteiger partial charge is 0.497 e. The number of aromatic nitrogens is 2. The summed E-state index contributed by atoms with van der Waals surface area (Å²) >= 11 is 6.16. The summed E-state index contributed by atoms with van der Waals surface area (Å²) in [6, 6.07) is 5.29. The summed E-state index contributed by atoms with van der Waals surface area (Å²) < 4.78 is 12.5. The molecule has 20 heavy (non-hydrogen) atoms. The van der Waals surface area contributed by atoms with Crippen LogP contribution in [0.2, 0.25) is 5.15 Å². The molecule has 5 nitrogen and oxygen atoms in total. The molecule has 1 aromatic carbocycles. The fourth-order valence-corrected chi connectivity index (χ4v) is 2.14. The van der Waals surface area contributed by atoms with Gasteiger partial charge in [-0.05, 0) is 19.1 Å². The van der Waals surface area contributed by atoms with Crippen molar-refractivity contribution in [3.8, 4) is 11.5 Å². The van der Waals surface area contributed by atoms with E-state index in [0.29, 0.717) is 28.8 Å². The van der Waals surface area contributed by atoms with Crippen molar-refractivity contribution in [1.29, 1.82) is 0 Å². The van der Waals surface area contributed by atoms with Crippen molar-refractivity contribution in [2.24, 2.45) is 7.05 Å². The van der Waals surface area contributed by atoms with E-state index in [4.69, 9.17) is 21.1 Å². The lowest BCUT2D eigenvalue weighted by atomic mass is 10.2. The van der Waals surface area contributed by atoms with Gasteiger partial charge in [-0.1, -0.05) is 11.6 Å². The van der Waals surface area contributed by atoms with Crippen LogP contribution in [0, 0.1) is 6.92 Å². The van der Waals surface area contributed by atoms with Gasteiger partial charge >= 0.3 is 0 Å². The second-order valence-electron chi connectivity index (χ2n) is 4.40. The Morgan fingerprint density at radius 3 is 2.70 bits per heavy atom. The minimum absolute atomic E-state index is 0.0981. The zero-order chi connectivity index (χ0) is 14.7. The van der Waals surface area contributed by atoms with Gasteiger partial charge in [0.25, 0.3) is 0 Å². The number of halogens is 1. The molecular weight excluding hydrogens is 280 g/mol. The van der Waals surface area contributed by atoms with Crippen molar-refractivity contribution in [1.82, 2.24) is 9.78 Å². The number of hydrogen-bond acceptors (Lipinski definition) is 4. The molecule has 0 bridgehead atoms. The summed E-state index contributed by atoms with van der Waals surface area (Å²) in [5, 5.41) is 14.1. The predicted molar refractivity (Wildman–Crippen MR) is 76.2 cm³/mol. The first-order valence-corrected chi connectivity index (χ1v) is 6.53. The number of ether oxygens (including phenoxy) is 2. The van der Waals surface area contributed by atoms with Gasteiger partial charge < -0.3 is 14.6 Å². The van der Waals surface area contributed by atoms with Gasteiger partial charge in [-0.15, -0.1) is 0 Å². The van der Waals surface area contributed by atoms with Gasteiger partial charge in [-0.2, -0.15) is 5.10 Å². The van der Waals surface area contributed by atoms with Crippen molar-refractivity contribution >= 4 is 11.6 Å². The molecular formula is C14H17ClN2O3. The van der Waals surface area contributed by atoms with Crippen LogP contribution in [0.1, 0.15) is 16.8 Å². The second kappa shape index (κ2) is 6.15. The van der Waals surface area contributed by atoms with E-state index in [1.807, 2.05) is 6.92 Å². The molecule has 0 saturated carbocycles. The number of nitrogens with zero attached hydrogens (tertiary/aromatic N) is 2. The van der Waals surface area contributed by atoms with Gasteiger partial charge in [-0.3, -0.25) is 4.68 Å². The van der Waals surface area contributed by atoms with Crippen LogP contribution in [0.15, 0.2) is 18.2 Å². The van der Waals surface area contributed by atoms with Gasteiger partial charge in [0.05, 0.1) is 19.4 Å². The van der Waals surface area contributed by atoms with Crippen LogP contribution in [0.25, 0.3) is 0 Å². The number of aliphatic hydroxyl groups excluding tert-OH is 1. The maximum absolute atomic E-state index is 9.33. The van der Waals surface area contributed by atoms with Crippen molar-refractivity contribution in [3.63, 3.8) is 0 Å². The Morgan fingerprint density at radius 2 is 2.15 bits per heavy atom. The highest BCUT2D eigenvalue weighted by Gasteiger charge is 2.13. The Kier molecular flexibility index (Phi) is 4.52. The zero-order valence-corrected chi connectivity index (χ0v) is 12.4. The van der Waals surface area contributed by atoms with Gasteiger partial charge in [-0.25, -0.2) is 0 Å². The third kappa shape index (κ3) is 2.89. The molecule has 0 radical (unpaired) electrons. The van der Waals surface area contributed by atoms with Gasteiger partial charge in [0.1, 0.15) is 23.3 Å². The van der Waals surface area contributed by atoms with E-state index >= 15 is 0 Å². The van der Waals surface area contributed by atoms with Crippen LogP contribution in [0.5, 0.6) is 11.5 Å². The minimum Gasteiger partial charge on any atom is -0.497 e. The second-order valence-corrected chi connectivity index (χ2v) is 4.76. The number of aliphatic hydroxyl groups is 1. The number of aryl methyl sites for hydroxylation is 2. The molecule has 2 aromatic rings. The molecule has 0 spiro atoms. The Morgan fingerprint density at radius 1 is 1.40 bits per heavy atom. The van der Waals surface area contributed by atoms with Crippen molar-refractivity contribution in [3.05, 3.63) is 40.2 Å². The highest BCUT2D eigenvalue weighted by Crippen LogP contribution is 2.27. The molecule has 0 unspecified atom stereocenters. The smallest absolute Gasteiger partial charge is 0.133 e. The molecule has 2 rings (SSSR count). The first kappa shape index (κ1) is 14.7. The van der Waals surface area contributed by atoms with Crippen LogP contribution in [0.3, 0.4) is 0 Å². The van der Waals surface area contributed by atoms with E-state index < -0.39 is 0 Å². The van der Waals surface area contributed by atoms with E-state index in [0.717, 1.165) is 11.3 Å². The normalized spacial score (nSPS) is 10.7. The molecule has 0 aliphatic carbocycles. The fourth-order valence-electron chi connectivity index (χ4n) is 1.91. The monoisotopic (exact) mass is 296 g/mol. The van der Waals surface area contributed by atoms with Crippen LogP contribution in [0.4, 0.5) is 0 Å². The van der Waals surface area contributed by atoms with Crippen LogP contribution in [-0.2, 0) is 20.3 Å². The van der Waals surface area contributed by atoms with Crippen molar-refractivity contribution in [2.75, 3.05) is 7.11 Å². The first-order valence-electron chi connectivity index (χ1n) is 6.15. The molecule has 0 aliphatic heterocycles. The molecule has 6 heteroatoms. The Balaban J connectivity index is 2.21. The maximum Gasteiger partial charge on any atom is 0.133 e. The SMILES string of the molecule is COc1ccc(CO)c(OCc2c(C)nn(C)c2Cl)c1. The molecule has 1 N–H and O–H groups in total. The van der Waals surface area contributed by atoms with E-state index in [-0.39, 0.29) is 6.61 Å². The van der Waals surface area contributed by atoms with E-state index in [1.165, 1.54) is 0 Å². The van der Waals surface area contributed by atoms with Crippen LogP contribution < -0.4 is 9.47 Å². The predicted octanol–water partition coefficient (Wildman–Crippen LogP) is 2.46. The van der Waals surface area contributed by atoms with Gasteiger partial charge in [0.2, 0.25) is 0 Å². The molecule has 0 amide bonds. The number of benzene rings is 1. The van der Waals surface area contributed by atoms with Crippen molar-refractivity contribution in [2.45, 2.75) is 20.1 Å². The Labute approximate surface area is 122 Å². The third-order valence-electron chi connectivity index (χ3n) is 3.09. The molecule has 1 heterocycles. The Bertz CT molecular complexity index is 611. The zero-order valence-electron chi connectivity index (χ0n) is 11.7. The van der Waals surface area contributed by atoms with Gasteiger partial charge in [0.15, 0.2) is 0 Å². The molecule has 1 aromatic heterocycles. The summed E-state index contributed by atoms with van der Waals surface area (Å²) in [6.45, 7) is 2.07. The molecule has 0 saturated heterocycles. The number of methoxy groups -OCH3 is 1. The average molecular weight is 297 g/mol. The summed E-state index contributed by atoms with van der Waals surface area (Å²) in [4.78, 5) is 0. The van der Waals surface area contributed by atoms with Crippen LogP contribution >= 0.6 is 11.6 Å². The number of hydrogen-bond donors (Lipinski definition) is 1. The van der Waals surface area contributed by atoms with E-state index in [9.17, 15) is 5.11 Å². The first-order chi connectivity index (χ1) is 9.56. The van der Waals surface area contributed by atoms with Crippen molar-refractivity contribution < 1.29 is 14.6 Å². The summed E-state index contributed by atoms with van der Waals surface area (Å²) in [5.41, 5.74) is 2.36. The lowest BCUT2D eigenvalue weighted by Crippen LogP contribution is -2.00. The quantitative estimate of drug-likeness (QED) is 0.921. The van der Waals surface area contributed by atoms with Crippen LogP contribution in [-0.4, -0.2) is 22.0 Å². The molecule has 0 atom stereocenters. The topological polar surface area (TPSA) is 56.5 Å². The molecule has 108 valence electrons. The highest BCUT2D eigenvalue weighted by molar-refractivity contribution is 6.30. The highest BCUT2D eigenvalue weighted by atomic mass is 35.5. The Hall–Kier alpha value is -1.72. The average Bonchev–Trinajstić information content (AvgIpc) is 2.70. The van der Waals surface area contributed by atoms with Gasteiger partial charge in [0, 0.05) is 24.2 Å². The molecule has 0 aliphatic rings. The van der Waals surface area contributed by atoms with E-state index in [2.05, 4.69) is 5.10 Å².